The summed E-state index contributed by atoms with van der Waals surface area (Å²) >= 11 is 0. The van der Waals surface area contributed by atoms with E-state index in [1.165, 1.54) is 110 Å². The highest BCUT2D eigenvalue weighted by molar-refractivity contribution is 6.23. The monoisotopic (exact) mass is 796 g/mol. The van der Waals surface area contributed by atoms with Gasteiger partial charge in [-0.15, -0.1) is 0 Å². The molecule has 0 saturated carbocycles. The third kappa shape index (κ3) is 7.10. The fourth-order valence-corrected chi connectivity index (χ4v) is 9.51. The van der Waals surface area contributed by atoms with Gasteiger partial charge in [0.2, 0.25) is 0 Å². The van der Waals surface area contributed by atoms with E-state index in [1.54, 1.807) is 0 Å². The lowest BCUT2D eigenvalue weighted by molar-refractivity contribution is 0.590. The Morgan fingerprint density at radius 1 is 0.242 bits per heavy atom. The first-order valence-electron chi connectivity index (χ1n) is 22.0. The van der Waals surface area contributed by atoms with Gasteiger partial charge in [0.15, 0.2) is 0 Å². The topological polar surface area (TPSA) is 0 Å². The van der Waals surface area contributed by atoms with Crippen LogP contribution in [0.15, 0.2) is 206 Å². The maximum Gasteiger partial charge on any atom is -0.00201 e. The smallest absolute Gasteiger partial charge is 0.00201 e. The molecule has 0 aliphatic rings. The quantitative estimate of drug-likeness (QED) is 0.147. The Balaban J connectivity index is 1.22. The van der Waals surface area contributed by atoms with Crippen molar-refractivity contribution in [3.05, 3.63) is 217 Å². The number of hydrogen-bond donors (Lipinski definition) is 0. The second-order valence-electron chi connectivity index (χ2n) is 18.9. The Morgan fingerprint density at radius 2 is 0.661 bits per heavy atom. The van der Waals surface area contributed by atoms with Gasteiger partial charge in [0.05, 0.1) is 0 Å². The highest BCUT2D eigenvalue weighted by Gasteiger charge is 2.22. The Morgan fingerprint density at radius 3 is 1.19 bits per heavy atom. The van der Waals surface area contributed by atoms with Gasteiger partial charge in [0.1, 0.15) is 0 Å². The van der Waals surface area contributed by atoms with Gasteiger partial charge in [0, 0.05) is 0 Å². The summed E-state index contributed by atoms with van der Waals surface area (Å²) < 4.78 is 0. The minimum atomic E-state index is 0.0600. The maximum atomic E-state index is 2.43. The van der Waals surface area contributed by atoms with Gasteiger partial charge >= 0.3 is 0 Å². The van der Waals surface area contributed by atoms with E-state index in [0.717, 1.165) is 0 Å². The van der Waals surface area contributed by atoms with Gasteiger partial charge < -0.3 is 0 Å². The molecule has 0 radical (unpaired) electrons. The molecule has 0 saturated heterocycles. The van der Waals surface area contributed by atoms with E-state index in [9.17, 15) is 0 Å². The summed E-state index contributed by atoms with van der Waals surface area (Å²) in [6.45, 7) is 13.7. The van der Waals surface area contributed by atoms with Crippen LogP contribution in [0, 0.1) is 0 Å². The van der Waals surface area contributed by atoms with E-state index < -0.39 is 0 Å². The third-order valence-electron chi connectivity index (χ3n) is 12.8. The molecule has 0 aliphatic carbocycles. The number of benzene rings is 10. The SMILES string of the molecule is CC(C)(C)c1ccc(-c2cc(-c3cccc(-c4c5ccccc5c(-c5cccc6ccccc56)c5ccccc45)c3)cc(-c3ccc(C(C)(C)C)cc3)c2-c2ccccc2)cc1. The Kier molecular flexibility index (Phi) is 9.76. The van der Waals surface area contributed by atoms with E-state index >= 15 is 0 Å². The van der Waals surface area contributed by atoms with Crippen molar-refractivity contribution in [2.75, 3.05) is 0 Å². The molecule has 0 amide bonds. The molecule has 300 valence electrons. The summed E-state index contributed by atoms with van der Waals surface area (Å²) in [4.78, 5) is 0. The molecule has 10 aromatic rings. The molecule has 0 atom stereocenters. The molecule has 0 fully saturated rings. The summed E-state index contributed by atoms with van der Waals surface area (Å²) in [5.41, 5.74) is 17.5. The van der Waals surface area contributed by atoms with E-state index in [-0.39, 0.29) is 10.8 Å². The zero-order valence-electron chi connectivity index (χ0n) is 36.6. The molecular formula is C62H52. The molecule has 62 heavy (non-hydrogen) atoms. The highest BCUT2D eigenvalue weighted by Crippen LogP contribution is 2.48. The molecular weight excluding hydrogens is 745 g/mol. The Bertz CT molecular complexity index is 3120. The summed E-state index contributed by atoms with van der Waals surface area (Å²) in [5.74, 6) is 0. The van der Waals surface area contributed by atoms with Crippen LogP contribution in [0.5, 0.6) is 0 Å². The van der Waals surface area contributed by atoms with Crippen LogP contribution in [-0.2, 0) is 10.8 Å². The van der Waals surface area contributed by atoms with Crippen LogP contribution < -0.4 is 0 Å². The number of fused-ring (bicyclic) bond motifs is 3. The van der Waals surface area contributed by atoms with Gasteiger partial charge in [0.25, 0.3) is 0 Å². The van der Waals surface area contributed by atoms with Crippen molar-refractivity contribution in [3.63, 3.8) is 0 Å². The van der Waals surface area contributed by atoms with Crippen molar-refractivity contribution >= 4 is 32.3 Å². The van der Waals surface area contributed by atoms with E-state index in [1.807, 2.05) is 0 Å². The van der Waals surface area contributed by atoms with Crippen LogP contribution in [0.4, 0.5) is 0 Å². The molecule has 0 heteroatoms. The first-order valence-corrected chi connectivity index (χ1v) is 22.0. The minimum Gasteiger partial charge on any atom is -0.0622 e. The Hall–Kier alpha value is -7.02. The molecule has 0 bridgehead atoms. The largest absolute Gasteiger partial charge is 0.0622 e. The first-order chi connectivity index (χ1) is 30.0. The van der Waals surface area contributed by atoms with E-state index in [2.05, 4.69) is 248 Å². The average Bonchev–Trinajstić information content (AvgIpc) is 3.30. The second-order valence-corrected chi connectivity index (χ2v) is 18.9. The van der Waals surface area contributed by atoms with Gasteiger partial charge in [-0.1, -0.05) is 230 Å². The molecule has 0 aliphatic heterocycles. The maximum absolute atomic E-state index is 2.43. The number of rotatable bonds is 6. The molecule has 0 unspecified atom stereocenters. The highest BCUT2D eigenvalue weighted by atomic mass is 14.3. The van der Waals surface area contributed by atoms with Crippen LogP contribution in [0.2, 0.25) is 0 Å². The van der Waals surface area contributed by atoms with Gasteiger partial charge in [-0.05, 0) is 139 Å². The van der Waals surface area contributed by atoms with Crippen molar-refractivity contribution in [1.29, 1.82) is 0 Å². The van der Waals surface area contributed by atoms with Crippen LogP contribution in [0.1, 0.15) is 52.7 Å². The molecule has 0 aromatic heterocycles. The fourth-order valence-electron chi connectivity index (χ4n) is 9.51. The molecule has 0 spiro atoms. The van der Waals surface area contributed by atoms with Crippen LogP contribution in [0.3, 0.4) is 0 Å². The van der Waals surface area contributed by atoms with Gasteiger partial charge in [-0.25, -0.2) is 0 Å². The lowest BCUT2D eigenvalue weighted by Gasteiger charge is -2.23. The van der Waals surface area contributed by atoms with Gasteiger partial charge in [-0.2, -0.15) is 0 Å². The summed E-state index contributed by atoms with van der Waals surface area (Å²) in [7, 11) is 0. The van der Waals surface area contributed by atoms with E-state index in [4.69, 9.17) is 0 Å². The third-order valence-corrected chi connectivity index (χ3v) is 12.8. The average molecular weight is 797 g/mol. The standard InChI is InChI=1S/C62H52/c1-61(2,3)48-34-30-42(31-35-48)56-39-47(40-57(58(56)44-19-8-7-9-20-44)43-32-36-49(37-33-43)62(4,5)6)45-22-16-23-46(38-45)59-52-25-12-14-27-54(52)60(55-28-15-13-26-53(55)59)51-29-17-21-41-18-10-11-24-50(41)51/h7-40H,1-6H3. The lowest BCUT2D eigenvalue weighted by atomic mass is 9.81. The molecule has 0 N–H and O–H groups in total. The van der Waals surface area contributed by atoms with Crippen molar-refractivity contribution in [1.82, 2.24) is 0 Å². The zero-order valence-corrected chi connectivity index (χ0v) is 36.6. The van der Waals surface area contributed by atoms with Gasteiger partial charge in [-0.3, -0.25) is 0 Å². The van der Waals surface area contributed by atoms with Crippen LogP contribution in [-0.4, -0.2) is 0 Å². The Labute approximate surface area is 367 Å². The molecule has 0 heterocycles. The molecule has 10 aromatic carbocycles. The lowest BCUT2D eigenvalue weighted by Crippen LogP contribution is -2.10. The van der Waals surface area contributed by atoms with Crippen molar-refractivity contribution in [2.45, 2.75) is 52.4 Å². The van der Waals surface area contributed by atoms with E-state index in [0.29, 0.717) is 0 Å². The second kappa shape index (κ2) is 15.5. The fraction of sp³-hybridized carbons (Fsp3) is 0.129. The van der Waals surface area contributed by atoms with Crippen LogP contribution >= 0.6 is 0 Å². The minimum absolute atomic E-state index is 0.0600. The molecule has 0 nitrogen and oxygen atoms in total. The zero-order chi connectivity index (χ0) is 42.6. The predicted molar refractivity (Wildman–Crippen MR) is 269 cm³/mol. The molecule has 10 rings (SSSR count). The normalized spacial score (nSPS) is 12.0. The number of hydrogen-bond acceptors (Lipinski definition) is 0. The first kappa shape index (κ1) is 39.1. The predicted octanol–water partition coefficient (Wildman–Crippen LogP) is 17.7. The van der Waals surface area contributed by atoms with Crippen LogP contribution in [0.25, 0.3) is 99.1 Å². The summed E-state index contributed by atoms with van der Waals surface area (Å²) in [5, 5.41) is 7.55. The van der Waals surface area contributed by atoms with Crippen molar-refractivity contribution in [3.8, 4) is 66.8 Å². The van der Waals surface area contributed by atoms with Crippen molar-refractivity contribution in [2.24, 2.45) is 0 Å². The summed E-state index contributed by atoms with van der Waals surface area (Å²) in [6.07, 6.45) is 0. The summed E-state index contributed by atoms with van der Waals surface area (Å²) in [6, 6.07) is 77.1. The van der Waals surface area contributed by atoms with Crippen molar-refractivity contribution < 1.29 is 0 Å².